The van der Waals surface area contributed by atoms with Gasteiger partial charge in [0.2, 0.25) is 0 Å². The summed E-state index contributed by atoms with van der Waals surface area (Å²) in [5.41, 5.74) is 5.21. The molecule has 0 heterocycles. The van der Waals surface area contributed by atoms with Crippen molar-refractivity contribution in [3.63, 3.8) is 0 Å². The first-order valence-corrected chi connectivity index (χ1v) is 26.5. The third-order valence-corrected chi connectivity index (χ3v) is 19.5. The molecule has 9 rings (SSSR count). The van der Waals surface area contributed by atoms with Crippen LogP contribution in [0.15, 0.2) is 102 Å². The third-order valence-electron chi connectivity index (χ3n) is 14.6. The van der Waals surface area contributed by atoms with E-state index in [1.54, 1.807) is 23.5 Å². The van der Waals surface area contributed by atoms with E-state index >= 15 is 9.59 Å². The van der Waals surface area contributed by atoms with E-state index in [1.807, 2.05) is 23.5 Å². The number of fused-ring (bicyclic) bond motifs is 4. The second-order valence-corrected chi connectivity index (χ2v) is 25.7. The van der Waals surface area contributed by atoms with Gasteiger partial charge in [-0.15, -0.1) is 23.5 Å². The van der Waals surface area contributed by atoms with Crippen LogP contribution in [0.4, 0.5) is 0 Å². The van der Waals surface area contributed by atoms with Gasteiger partial charge in [0.1, 0.15) is 0 Å². The van der Waals surface area contributed by atoms with E-state index in [0.717, 1.165) is 53.0 Å². The molecule has 0 N–H and O–H groups in total. The van der Waals surface area contributed by atoms with Crippen LogP contribution in [0.2, 0.25) is 0 Å². The lowest BCUT2D eigenvalue weighted by atomic mass is 9.71. The molecule has 2 nitrogen and oxygen atoms in total. The van der Waals surface area contributed by atoms with E-state index in [-0.39, 0.29) is 22.4 Å². The van der Waals surface area contributed by atoms with E-state index < -0.39 is 0 Å². The van der Waals surface area contributed by atoms with Crippen LogP contribution in [0.1, 0.15) is 174 Å². The van der Waals surface area contributed by atoms with Crippen molar-refractivity contribution >= 4 is 58.6 Å². The maximum absolute atomic E-state index is 15.7. The second-order valence-electron chi connectivity index (χ2n) is 20.7. The van der Waals surface area contributed by atoms with Gasteiger partial charge in [-0.25, -0.2) is 0 Å². The second kappa shape index (κ2) is 17.6. The molecule has 4 aromatic rings. The molecule has 5 aliphatic rings. The monoisotopic (exact) mass is 872 g/mol. The highest BCUT2D eigenvalue weighted by Gasteiger charge is 2.41. The van der Waals surface area contributed by atoms with E-state index in [9.17, 15) is 0 Å². The molecule has 60 heavy (non-hydrogen) atoms. The summed E-state index contributed by atoms with van der Waals surface area (Å²) in [6.07, 6.45) is 18.4. The van der Waals surface area contributed by atoms with E-state index in [1.165, 1.54) is 101 Å². The number of rotatable bonds is 8. The highest BCUT2D eigenvalue weighted by molar-refractivity contribution is 8.00. The van der Waals surface area contributed by atoms with E-state index in [2.05, 4.69) is 114 Å². The topological polar surface area (TPSA) is 34.1 Å². The van der Waals surface area contributed by atoms with Crippen LogP contribution in [-0.4, -0.2) is 22.1 Å². The van der Waals surface area contributed by atoms with Crippen LogP contribution in [0.3, 0.4) is 0 Å². The predicted octanol–water partition coefficient (Wildman–Crippen LogP) is 16.3. The van der Waals surface area contributed by atoms with Crippen molar-refractivity contribution in [2.24, 2.45) is 23.7 Å². The van der Waals surface area contributed by atoms with Crippen molar-refractivity contribution in [2.45, 2.75) is 182 Å². The average Bonchev–Trinajstić information content (AvgIpc) is 3.23. The molecule has 0 saturated heterocycles. The van der Waals surface area contributed by atoms with Gasteiger partial charge < -0.3 is 0 Å². The molecule has 0 radical (unpaired) electrons. The van der Waals surface area contributed by atoms with Gasteiger partial charge in [0.15, 0.2) is 11.6 Å². The molecule has 0 aromatic heterocycles. The number of carbonyl (C=O) groups excluding carboxylic acids is 2. The summed E-state index contributed by atoms with van der Waals surface area (Å²) in [4.78, 5) is 37.4. The van der Waals surface area contributed by atoms with Crippen molar-refractivity contribution in [1.82, 2.24) is 0 Å². The molecule has 0 spiro atoms. The first kappa shape index (κ1) is 42.9. The number of ketones is 2. The SMILES string of the molecule is CC(C)(C)c1ccc(Sc2ccc(Sc3ccc(C(C)(C)C)cc3)c3c2C(=O)c2c(SC4CCC5CCCCC5C4)ccc(SC4CCC5CCCCC5C4)c2C3=O)cc1. The summed E-state index contributed by atoms with van der Waals surface area (Å²) in [5, 5.41) is 0.955. The Kier molecular flexibility index (Phi) is 12.6. The first-order valence-electron chi connectivity index (χ1n) is 23.1. The molecular formula is C54H64O2S4. The molecule has 6 heteroatoms. The fourth-order valence-corrected chi connectivity index (χ4v) is 15.9. The molecule has 316 valence electrons. The van der Waals surface area contributed by atoms with E-state index in [4.69, 9.17) is 0 Å². The quantitative estimate of drug-likeness (QED) is 0.155. The van der Waals surface area contributed by atoms with Crippen LogP contribution in [0.25, 0.3) is 0 Å². The van der Waals surface area contributed by atoms with Gasteiger partial charge in [-0.3, -0.25) is 9.59 Å². The van der Waals surface area contributed by atoms with Gasteiger partial charge in [-0.2, -0.15) is 0 Å². The molecule has 6 atom stereocenters. The standard InChI is InChI=1S/C54H64O2S4/c1-53(2,3)37-17-23-39(24-18-37)57-43-27-28-44(58-40-25-19-38(20-26-40)54(4,5)6)48-47(43)51(55)49-45(59-41-21-15-33-11-7-9-13-35(33)31-41)29-30-46(50(49)52(48)56)60-42-22-16-34-12-8-10-14-36(34)32-42/h17-20,23-30,33-36,41-42H,7-16,21-22,31-32H2,1-6H3. The highest BCUT2D eigenvalue weighted by Crippen LogP contribution is 2.52. The summed E-state index contributed by atoms with van der Waals surface area (Å²) in [5.74, 6) is 3.41. The number of hydrogen-bond acceptors (Lipinski definition) is 6. The molecule has 4 saturated carbocycles. The number of thioether (sulfide) groups is 2. The summed E-state index contributed by atoms with van der Waals surface area (Å²) < 4.78 is 0. The summed E-state index contributed by atoms with van der Waals surface area (Å²) in [6, 6.07) is 26.3. The van der Waals surface area contributed by atoms with E-state index in [0.29, 0.717) is 32.8 Å². The van der Waals surface area contributed by atoms with Gasteiger partial charge in [0, 0.05) is 62.1 Å². The molecule has 0 bridgehead atoms. The Labute approximate surface area is 377 Å². The fourth-order valence-electron chi connectivity index (χ4n) is 11.2. The van der Waals surface area contributed by atoms with Crippen LogP contribution in [0.5, 0.6) is 0 Å². The Bertz CT molecular complexity index is 2070. The Hall–Kier alpha value is -2.38. The minimum atomic E-state index is 0.0335. The molecule has 4 fully saturated rings. The molecule has 0 aliphatic heterocycles. The van der Waals surface area contributed by atoms with Crippen molar-refractivity contribution in [2.75, 3.05) is 0 Å². The summed E-state index contributed by atoms with van der Waals surface area (Å²) in [6.45, 7) is 13.4. The zero-order valence-corrected chi connectivity index (χ0v) is 40.0. The highest BCUT2D eigenvalue weighted by atomic mass is 32.2. The van der Waals surface area contributed by atoms with Gasteiger partial charge in [0.25, 0.3) is 0 Å². The van der Waals surface area contributed by atoms with Gasteiger partial charge in [-0.1, -0.05) is 141 Å². The van der Waals surface area contributed by atoms with Crippen LogP contribution in [-0.2, 0) is 10.8 Å². The van der Waals surface area contributed by atoms with Gasteiger partial charge in [-0.05, 0) is 133 Å². The van der Waals surface area contributed by atoms with Crippen molar-refractivity contribution in [1.29, 1.82) is 0 Å². The fraction of sp³-hybridized carbons (Fsp3) is 0.519. The van der Waals surface area contributed by atoms with Crippen molar-refractivity contribution in [3.8, 4) is 0 Å². The lowest BCUT2D eigenvalue weighted by Crippen LogP contribution is -2.30. The summed E-state index contributed by atoms with van der Waals surface area (Å²) in [7, 11) is 0. The Balaban J connectivity index is 1.13. The first-order chi connectivity index (χ1) is 28.8. The third kappa shape index (κ3) is 9.02. The Morgan fingerprint density at radius 3 is 1.10 bits per heavy atom. The normalized spacial score (nSPS) is 25.6. The van der Waals surface area contributed by atoms with Crippen LogP contribution in [0, 0.1) is 23.7 Å². The lowest BCUT2D eigenvalue weighted by molar-refractivity contribution is 0.0970. The largest absolute Gasteiger partial charge is 0.288 e. The molecule has 5 aliphatic carbocycles. The smallest absolute Gasteiger partial charge is 0.196 e. The molecule has 6 unspecified atom stereocenters. The van der Waals surface area contributed by atoms with Crippen molar-refractivity contribution in [3.05, 3.63) is 106 Å². The van der Waals surface area contributed by atoms with Crippen LogP contribution >= 0.6 is 47.0 Å². The average molecular weight is 873 g/mol. The zero-order chi connectivity index (χ0) is 41.8. The maximum Gasteiger partial charge on any atom is 0.196 e. The minimum Gasteiger partial charge on any atom is -0.288 e. The molecule has 4 aromatic carbocycles. The maximum atomic E-state index is 15.7. The predicted molar refractivity (Wildman–Crippen MR) is 256 cm³/mol. The number of hydrogen-bond donors (Lipinski definition) is 0. The van der Waals surface area contributed by atoms with Crippen molar-refractivity contribution < 1.29 is 9.59 Å². The van der Waals surface area contributed by atoms with Gasteiger partial charge >= 0.3 is 0 Å². The minimum absolute atomic E-state index is 0.0335. The molecular weight excluding hydrogens is 809 g/mol. The molecule has 0 amide bonds. The number of benzene rings is 4. The Morgan fingerprint density at radius 2 is 0.733 bits per heavy atom. The van der Waals surface area contributed by atoms with Gasteiger partial charge in [0.05, 0.1) is 0 Å². The Morgan fingerprint density at radius 1 is 0.400 bits per heavy atom. The van der Waals surface area contributed by atoms with Crippen LogP contribution < -0.4 is 0 Å². The zero-order valence-electron chi connectivity index (χ0n) is 36.7. The lowest BCUT2D eigenvalue weighted by Gasteiger charge is -2.39. The number of carbonyl (C=O) groups is 2. The summed E-state index contributed by atoms with van der Waals surface area (Å²) >= 11 is 7.08.